The maximum Gasteiger partial charge on any atom is 0.338 e. The van der Waals surface area contributed by atoms with Crippen LogP contribution in [0.3, 0.4) is 0 Å². The van der Waals surface area contributed by atoms with Crippen LogP contribution in [0.2, 0.25) is 0 Å². The molecule has 0 atom stereocenters. The van der Waals surface area contributed by atoms with Crippen molar-refractivity contribution in [3.05, 3.63) is 29.3 Å². The molecular weight excluding hydrogens is 258 g/mol. The zero-order chi connectivity index (χ0) is 15.0. The van der Waals surface area contributed by atoms with Crippen LogP contribution in [0.4, 0.5) is 5.69 Å². The molecule has 0 aliphatic rings. The zero-order valence-electron chi connectivity index (χ0n) is 11.6. The molecule has 0 saturated heterocycles. The fourth-order valence-corrected chi connectivity index (χ4v) is 1.43. The van der Waals surface area contributed by atoms with Crippen molar-refractivity contribution in [3.63, 3.8) is 0 Å². The molecular formula is C15H17NO4. The molecule has 106 valence electrons. The molecule has 0 bridgehead atoms. The molecule has 0 saturated carbocycles. The van der Waals surface area contributed by atoms with Crippen LogP contribution in [-0.2, 0) is 14.3 Å². The standard InChI is InChI=1S/C15H17NO4/c1-3-19-14(17)7-5-6-11-10-12(8-9-13(11)16)15(18)20-4-2/h8-10H,3-4,7,16H2,1-2H3. The highest BCUT2D eigenvalue weighted by molar-refractivity contribution is 5.90. The first kappa shape index (κ1) is 15.6. The number of anilines is 1. The summed E-state index contributed by atoms with van der Waals surface area (Å²) in [5, 5.41) is 0. The molecule has 0 spiro atoms. The minimum absolute atomic E-state index is 0.0170. The maximum atomic E-state index is 11.6. The van der Waals surface area contributed by atoms with Crippen LogP contribution in [0, 0.1) is 11.8 Å². The molecule has 0 fully saturated rings. The Morgan fingerprint density at radius 2 is 1.90 bits per heavy atom. The van der Waals surface area contributed by atoms with Crippen LogP contribution in [0.1, 0.15) is 36.2 Å². The molecule has 0 heterocycles. The monoisotopic (exact) mass is 275 g/mol. The summed E-state index contributed by atoms with van der Waals surface area (Å²) in [5.41, 5.74) is 7.07. The van der Waals surface area contributed by atoms with Gasteiger partial charge < -0.3 is 15.2 Å². The van der Waals surface area contributed by atoms with Crippen molar-refractivity contribution in [2.75, 3.05) is 18.9 Å². The Bertz CT molecular complexity index is 555. The number of benzene rings is 1. The lowest BCUT2D eigenvalue weighted by Crippen LogP contribution is -2.05. The Labute approximate surface area is 118 Å². The van der Waals surface area contributed by atoms with Crippen molar-refractivity contribution in [3.8, 4) is 11.8 Å². The number of hydrogen-bond acceptors (Lipinski definition) is 5. The predicted octanol–water partition coefficient (Wildman–Crippen LogP) is 1.75. The summed E-state index contributed by atoms with van der Waals surface area (Å²) >= 11 is 0. The lowest BCUT2D eigenvalue weighted by atomic mass is 10.1. The third-order valence-electron chi connectivity index (χ3n) is 2.33. The van der Waals surface area contributed by atoms with Crippen LogP contribution < -0.4 is 5.73 Å². The van der Waals surface area contributed by atoms with E-state index in [1.54, 1.807) is 32.0 Å². The van der Waals surface area contributed by atoms with E-state index >= 15 is 0 Å². The minimum Gasteiger partial charge on any atom is -0.465 e. The minimum atomic E-state index is -0.430. The molecule has 0 aliphatic heterocycles. The Hall–Kier alpha value is -2.48. The quantitative estimate of drug-likeness (QED) is 0.514. The molecule has 0 radical (unpaired) electrons. The average Bonchev–Trinajstić information content (AvgIpc) is 2.41. The average molecular weight is 275 g/mol. The molecule has 5 heteroatoms. The van der Waals surface area contributed by atoms with Gasteiger partial charge in [-0.2, -0.15) is 0 Å². The van der Waals surface area contributed by atoms with Gasteiger partial charge in [-0.15, -0.1) is 0 Å². The Kier molecular flexibility index (Phi) is 6.11. The van der Waals surface area contributed by atoms with Crippen molar-refractivity contribution in [1.82, 2.24) is 0 Å². The number of ether oxygens (including phenoxy) is 2. The summed E-state index contributed by atoms with van der Waals surface area (Å²) < 4.78 is 9.65. The van der Waals surface area contributed by atoms with E-state index in [0.717, 1.165) is 0 Å². The summed E-state index contributed by atoms with van der Waals surface area (Å²) in [6, 6.07) is 4.70. The number of carbonyl (C=O) groups is 2. The molecule has 0 aromatic heterocycles. The normalized spacial score (nSPS) is 9.30. The number of nitrogens with two attached hydrogens (primary N) is 1. The predicted molar refractivity (Wildman–Crippen MR) is 74.9 cm³/mol. The summed E-state index contributed by atoms with van der Waals surface area (Å²) in [6.07, 6.45) is -0.0170. The van der Waals surface area contributed by atoms with E-state index in [1.165, 1.54) is 0 Å². The first-order valence-electron chi connectivity index (χ1n) is 6.29. The number of hydrogen-bond donors (Lipinski definition) is 1. The van der Waals surface area contributed by atoms with Gasteiger partial charge in [0.1, 0.15) is 6.42 Å². The van der Waals surface area contributed by atoms with Gasteiger partial charge in [0.15, 0.2) is 0 Å². The number of nitrogen functional groups attached to an aromatic ring is 1. The van der Waals surface area contributed by atoms with Crippen molar-refractivity contribution in [2.45, 2.75) is 20.3 Å². The highest BCUT2D eigenvalue weighted by atomic mass is 16.5. The van der Waals surface area contributed by atoms with Crippen molar-refractivity contribution >= 4 is 17.6 Å². The molecule has 2 N–H and O–H groups in total. The third kappa shape index (κ3) is 4.65. The maximum absolute atomic E-state index is 11.6. The van der Waals surface area contributed by atoms with Crippen molar-refractivity contribution in [2.24, 2.45) is 0 Å². The van der Waals surface area contributed by atoms with Gasteiger partial charge in [0.05, 0.1) is 18.8 Å². The second-order valence-electron chi connectivity index (χ2n) is 3.81. The largest absolute Gasteiger partial charge is 0.465 e. The number of rotatable bonds is 4. The van der Waals surface area contributed by atoms with E-state index in [-0.39, 0.29) is 12.4 Å². The topological polar surface area (TPSA) is 78.6 Å². The summed E-state index contributed by atoms with van der Waals surface area (Å²) in [5.74, 6) is 4.61. The molecule has 0 amide bonds. The summed E-state index contributed by atoms with van der Waals surface area (Å²) in [4.78, 5) is 22.7. The van der Waals surface area contributed by atoms with E-state index in [4.69, 9.17) is 15.2 Å². The van der Waals surface area contributed by atoms with Gasteiger partial charge >= 0.3 is 11.9 Å². The van der Waals surface area contributed by atoms with Gasteiger partial charge in [-0.3, -0.25) is 4.79 Å². The van der Waals surface area contributed by atoms with Gasteiger partial charge in [-0.25, -0.2) is 4.79 Å². The Morgan fingerprint density at radius 3 is 2.55 bits per heavy atom. The van der Waals surface area contributed by atoms with Crippen LogP contribution >= 0.6 is 0 Å². The number of esters is 2. The summed E-state index contributed by atoms with van der Waals surface area (Å²) in [6.45, 7) is 4.08. The molecule has 0 unspecified atom stereocenters. The first-order chi connectivity index (χ1) is 9.58. The van der Waals surface area contributed by atoms with Gasteiger partial charge in [0.2, 0.25) is 0 Å². The Balaban J connectivity index is 2.84. The van der Waals surface area contributed by atoms with Crippen molar-refractivity contribution in [1.29, 1.82) is 0 Å². The van der Waals surface area contributed by atoms with E-state index in [9.17, 15) is 9.59 Å². The Morgan fingerprint density at radius 1 is 1.20 bits per heavy atom. The van der Waals surface area contributed by atoms with Gasteiger partial charge in [-0.1, -0.05) is 11.8 Å². The van der Waals surface area contributed by atoms with E-state index in [1.807, 2.05) is 0 Å². The second-order valence-corrected chi connectivity index (χ2v) is 3.81. The van der Waals surface area contributed by atoms with E-state index in [2.05, 4.69) is 11.8 Å². The highest BCUT2D eigenvalue weighted by Crippen LogP contribution is 2.14. The van der Waals surface area contributed by atoms with Gasteiger partial charge in [0, 0.05) is 11.3 Å². The second kappa shape index (κ2) is 7.85. The lowest BCUT2D eigenvalue weighted by Gasteiger charge is -2.04. The molecule has 0 aliphatic carbocycles. The number of carbonyl (C=O) groups excluding carboxylic acids is 2. The van der Waals surface area contributed by atoms with Gasteiger partial charge in [0.25, 0.3) is 0 Å². The summed E-state index contributed by atoms with van der Waals surface area (Å²) in [7, 11) is 0. The van der Waals surface area contributed by atoms with Crippen LogP contribution in [0.15, 0.2) is 18.2 Å². The fraction of sp³-hybridized carbons (Fsp3) is 0.333. The highest BCUT2D eigenvalue weighted by Gasteiger charge is 2.08. The van der Waals surface area contributed by atoms with Gasteiger partial charge in [-0.05, 0) is 32.0 Å². The molecule has 1 aromatic rings. The first-order valence-corrected chi connectivity index (χ1v) is 6.29. The van der Waals surface area contributed by atoms with Crippen LogP contribution in [0.5, 0.6) is 0 Å². The molecule has 1 aromatic carbocycles. The fourth-order valence-electron chi connectivity index (χ4n) is 1.43. The van der Waals surface area contributed by atoms with Crippen LogP contribution in [0.25, 0.3) is 0 Å². The third-order valence-corrected chi connectivity index (χ3v) is 2.33. The molecule has 5 nitrogen and oxygen atoms in total. The van der Waals surface area contributed by atoms with Crippen molar-refractivity contribution < 1.29 is 19.1 Å². The smallest absolute Gasteiger partial charge is 0.338 e. The van der Waals surface area contributed by atoms with E-state index in [0.29, 0.717) is 30.0 Å². The lowest BCUT2D eigenvalue weighted by molar-refractivity contribution is -0.141. The van der Waals surface area contributed by atoms with E-state index < -0.39 is 5.97 Å². The molecule has 20 heavy (non-hydrogen) atoms. The SMILES string of the molecule is CCOC(=O)CC#Cc1cc(C(=O)OCC)ccc1N. The van der Waals surface area contributed by atoms with Crippen LogP contribution in [-0.4, -0.2) is 25.2 Å². The zero-order valence-corrected chi connectivity index (χ0v) is 11.6. The molecule has 1 rings (SSSR count).